The van der Waals surface area contributed by atoms with Gasteiger partial charge in [0.05, 0.1) is 6.61 Å². The van der Waals surface area contributed by atoms with Crippen molar-refractivity contribution in [3.8, 4) is 17.1 Å². The standard InChI is InChI=1S/C19H20N4O5S/c1-4-27-16-8-7-14(10-18(16)29(25,26)23(2)3)21-19(24)15-11-17(28-22-15)13-6-5-9-20-12-13/h5-12H,4H2,1-3H3,(H,21,24). The van der Waals surface area contributed by atoms with Crippen LogP contribution in [0.25, 0.3) is 11.3 Å². The molecule has 0 spiro atoms. The molecular formula is C19H20N4O5S. The highest BCUT2D eigenvalue weighted by Gasteiger charge is 2.24. The van der Waals surface area contributed by atoms with Crippen LogP contribution in [0.4, 0.5) is 5.69 Å². The lowest BCUT2D eigenvalue weighted by atomic mass is 10.2. The maximum Gasteiger partial charge on any atom is 0.277 e. The fourth-order valence-corrected chi connectivity index (χ4v) is 3.53. The number of rotatable bonds is 7. The molecule has 0 atom stereocenters. The third kappa shape index (κ3) is 4.44. The van der Waals surface area contributed by atoms with Gasteiger partial charge in [0.1, 0.15) is 10.6 Å². The Hall–Kier alpha value is -3.24. The molecule has 0 aliphatic carbocycles. The van der Waals surface area contributed by atoms with Crippen molar-refractivity contribution in [1.29, 1.82) is 0 Å². The van der Waals surface area contributed by atoms with Gasteiger partial charge in [0, 0.05) is 43.8 Å². The molecule has 0 aliphatic rings. The Morgan fingerprint density at radius 3 is 2.69 bits per heavy atom. The molecule has 2 aromatic heterocycles. The van der Waals surface area contributed by atoms with Gasteiger partial charge in [0.15, 0.2) is 11.5 Å². The molecule has 0 unspecified atom stereocenters. The maximum absolute atomic E-state index is 12.6. The Labute approximate surface area is 168 Å². The number of carbonyl (C=O) groups excluding carboxylic acids is 1. The van der Waals surface area contributed by atoms with Gasteiger partial charge in [-0.25, -0.2) is 12.7 Å². The highest BCUT2D eigenvalue weighted by molar-refractivity contribution is 7.89. The van der Waals surface area contributed by atoms with Crippen molar-refractivity contribution in [3.63, 3.8) is 0 Å². The minimum Gasteiger partial charge on any atom is -0.492 e. The predicted molar refractivity (Wildman–Crippen MR) is 106 cm³/mol. The van der Waals surface area contributed by atoms with Crippen molar-refractivity contribution in [2.24, 2.45) is 0 Å². The van der Waals surface area contributed by atoms with Gasteiger partial charge in [-0.3, -0.25) is 9.78 Å². The van der Waals surface area contributed by atoms with E-state index < -0.39 is 15.9 Å². The van der Waals surface area contributed by atoms with Crippen LogP contribution in [-0.4, -0.2) is 49.5 Å². The molecule has 0 radical (unpaired) electrons. The van der Waals surface area contributed by atoms with Crippen LogP contribution in [0.3, 0.4) is 0 Å². The summed E-state index contributed by atoms with van der Waals surface area (Å²) in [6, 6.07) is 9.40. The van der Waals surface area contributed by atoms with Crippen molar-refractivity contribution >= 4 is 21.6 Å². The van der Waals surface area contributed by atoms with E-state index in [0.29, 0.717) is 17.9 Å². The van der Waals surface area contributed by atoms with Gasteiger partial charge < -0.3 is 14.6 Å². The summed E-state index contributed by atoms with van der Waals surface area (Å²) < 4.78 is 36.9. The Bertz CT molecular complexity index is 1110. The smallest absolute Gasteiger partial charge is 0.277 e. The Kier molecular flexibility index (Phi) is 5.95. The number of sulfonamides is 1. The summed E-state index contributed by atoms with van der Waals surface area (Å²) in [5, 5.41) is 6.40. The zero-order valence-corrected chi connectivity index (χ0v) is 16.9. The molecule has 0 saturated carbocycles. The summed E-state index contributed by atoms with van der Waals surface area (Å²) >= 11 is 0. The zero-order valence-electron chi connectivity index (χ0n) is 16.1. The molecule has 0 aliphatic heterocycles. The lowest BCUT2D eigenvalue weighted by Gasteiger charge is -2.16. The zero-order chi connectivity index (χ0) is 21.0. The van der Waals surface area contributed by atoms with E-state index in [1.165, 1.54) is 32.3 Å². The summed E-state index contributed by atoms with van der Waals surface area (Å²) in [6.45, 7) is 2.06. The van der Waals surface area contributed by atoms with Crippen LogP contribution in [0, 0.1) is 0 Å². The molecule has 2 heterocycles. The number of aromatic nitrogens is 2. The quantitative estimate of drug-likeness (QED) is 0.629. The molecule has 1 N–H and O–H groups in total. The Balaban J connectivity index is 1.87. The molecule has 10 heteroatoms. The fraction of sp³-hybridized carbons (Fsp3) is 0.211. The number of hydrogen-bond acceptors (Lipinski definition) is 7. The molecule has 0 fully saturated rings. The van der Waals surface area contributed by atoms with E-state index >= 15 is 0 Å². The minimum atomic E-state index is -3.77. The molecule has 0 bridgehead atoms. The lowest BCUT2D eigenvalue weighted by Crippen LogP contribution is -2.23. The second kappa shape index (κ2) is 8.41. The first kappa shape index (κ1) is 20.5. The van der Waals surface area contributed by atoms with Crippen LogP contribution >= 0.6 is 0 Å². The molecule has 1 aromatic carbocycles. The monoisotopic (exact) mass is 416 g/mol. The maximum atomic E-state index is 12.6. The summed E-state index contributed by atoms with van der Waals surface area (Å²) in [4.78, 5) is 16.5. The van der Waals surface area contributed by atoms with Gasteiger partial charge in [-0.15, -0.1) is 0 Å². The number of ether oxygens (including phenoxy) is 1. The van der Waals surface area contributed by atoms with E-state index in [0.717, 1.165) is 4.31 Å². The predicted octanol–water partition coefficient (Wildman–Crippen LogP) is 2.64. The van der Waals surface area contributed by atoms with Crippen LogP contribution in [0.2, 0.25) is 0 Å². The van der Waals surface area contributed by atoms with Crippen LogP contribution in [0.15, 0.2) is 58.2 Å². The number of amides is 1. The number of nitrogens with zero attached hydrogens (tertiary/aromatic N) is 3. The third-order valence-electron chi connectivity index (χ3n) is 3.95. The Morgan fingerprint density at radius 1 is 1.24 bits per heavy atom. The van der Waals surface area contributed by atoms with Gasteiger partial charge in [-0.2, -0.15) is 0 Å². The summed E-state index contributed by atoms with van der Waals surface area (Å²) in [5.74, 6) is 0.0616. The third-order valence-corrected chi connectivity index (χ3v) is 5.79. The SMILES string of the molecule is CCOc1ccc(NC(=O)c2cc(-c3cccnc3)on2)cc1S(=O)(=O)N(C)C. The van der Waals surface area contributed by atoms with Crippen LogP contribution in [-0.2, 0) is 10.0 Å². The number of carbonyl (C=O) groups is 1. The van der Waals surface area contributed by atoms with Crippen LogP contribution in [0.5, 0.6) is 5.75 Å². The number of nitrogens with one attached hydrogen (secondary N) is 1. The number of hydrogen-bond donors (Lipinski definition) is 1. The topological polar surface area (TPSA) is 115 Å². The second-order valence-corrected chi connectivity index (χ2v) is 8.27. The number of anilines is 1. The highest BCUT2D eigenvalue weighted by atomic mass is 32.2. The molecule has 29 heavy (non-hydrogen) atoms. The first-order valence-corrected chi connectivity index (χ1v) is 10.1. The lowest BCUT2D eigenvalue weighted by molar-refractivity contribution is 0.101. The highest BCUT2D eigenvalue weighted by Crippen LogP contribution is 2.29. The number of benzene rings is 1. The van der Waals surface area contributed by atoms with Crippen molar-refractivity contribution in [1.82, 2.24) is 14.4 Å². The molecule has 3 aromatic rings. The van der Waals surface area contributed by atoms with Crippen molar-refractivity contribution < 1.29 is 22.5 Å². The normalized spacial score (nSPS) is 11.4. The first-order chi connectivity index (χ1) is 13.8. The van der Waals surface area contributed by atoms with Crippen molar-refractivity contribution in [2.45, 2.75) is 11.8 Å². The molecule has 3 rings (SSSR count). The van der Waals surface area contributed by atoms with Crippen molar-refractivity contribution in [3.05, 3.63) is 54.5 Å². The molecule has 1 amide bonds. The summed E-state index contributed by atoms with van der Waals surface area (Å²) in [6.07, 6.45) is 3.21. The van der Waals surface area contributed by atoms with E-state index in [1.54, 1.807) is 37.5 Å². The van der Waals surface area contributed by atoms with Gasteiger partial charge in [0.2, 0.25) is 10.0 Å². The van der Waals surface area contributed by atoms with Gasteiger partial charge in [-0.1, -0.05) is 5.16 Å². The summed E-state index contributed by atoms with van der Waals surface area (Å²) in [5.41, 5.74) is 1.01. The van der Waals surface area contributed by atoms with E-state index in [2.05, 4.69) is 15.5 Å². The average Bonchev–Trinajstić information content (AvgIpc) is 3.20. The van der Waals surface area contributed by atoms with Crippen molar-refractivity contribution in [2.75, 3.05) is 26.0 Å². The van der Waals surface area contributed by atoms with E-state index in [4.69, 9.17) is 9.26 Å². The average molecular weight is 416 g/mol. The minimum absolute atomic E-state index is 0.0432. The molecular weight excluding hydrogens is 396 g/mol. The second-order valence-electron chi connectivity index (χ2n) is 6.15. The molecule has 9 nitrogen and oxygen atoms in total. The van der Waals surface area contributed by atoms with Crippen LogP contribution < -0.4 is 10.1 Å². The first-order valence-electron chi connectivity index (χ1n) is 8.70. The van der Waals surface area contributed by atoms with Crippen LogP contribution in [0.1, 0.15) is 17.4 Å². The van der Waals surface area contributed by atoms with E-state index in [9.17, 15) is 13.2 Å². The fourth-order valence-electron chi connectivity index (χ4n) is 2.48. The molecule has 152 valence electrons. The van der Waals surface area contributed by atoms with Gasteiger partial charge >= 0.3 is 0 Å². The van der Waals surface area contributed by atoms with E-state index in [1.807, 2.05) is 0 Å². The van der Waals surface area contributed by atoms with Gasteiger partial charge in [-0.05, 0) is 37.3 Å². The molecule has 0 saturated heterocycles. The largest absolute Gasteiger partial charge is 0.492 e. The number of pyridine rings is 1. The van der Waals surface area contributed by atoms with Gasteiger partial charge in [0.25, 0.3) is 5.91 Å². The summed E-state index contributed by atoms with van der Waals surface area (Å²) in [7, 11) is -0.924. The Morgan fingerprint density at radius 2 is 2.03 bits per heavy atom. The van der Waals surface area contributed by atoms with E-state index in [-0.39, 0.29) is 22.0 Å².